The normalized spacial score (nSPS) is 18.1. The molecule has 0 N–H and O–H groups in total. The van der Waals surface area contributed by atoms with Crippen LogP contribution in [0.2, 0.25) is 0 Å². The van der Waals surface area contributed by atoms with Crippen LogP contribution in [-0.2, 0) is 17.8 Å². The van der Waals surface area contributed by atoms with E-state index in [9.17, 15) is 4.79 Å². The summed E-state index contributed by atoms with van der Waals surface area (Å²) in [6.07, 6.45) is 5.07. The molecule has 0 unspecified atom stereocenters. The van der Waals surface area contributed by atoms with Gasteiger partial charge in [-0.2, -0.15) is 10.2 Å². The number of aromatic nitrogens is 3. The van der Waals surface area contributed by atoms with Crippen molar-refractivity contribution in [2.75, 3.05) is 13.2 Å². The molecule has 0 saturated carbocycles. The van der Waals surface area contributed by atoms with Crippen molar-refractivity contribution in [3.63, 3.8) is 0 Å². The minimum atomic E-state index is -0.0377. The van der Waals surface area contributed by atoms with Crippen LogP contribution in [0.25, 0.3) is 0 Å². The number of fused-ring (bicyclic) bond motifs is 1. The number of ether oxygens (including phenoxy) is 1. The molecule has 0 bridgehead atoms. The average Bonchev–Trinajstić information content (AvgIpc) is 2.86. The lowest BCUT2D eigenvalue weighted by Crippen LogP contribution is -2.37. The number of rotatable bonds is 3. The molecule has 0 aliphatic carbocycles. The van der Waals surface area contributed by atoms with E-state index in [1.807, 2.05) is 30.2 Å². The van der Waals surface area contributed by atoms with Crippen molar-refractivity contribution in [2.24, 2.45) is 0 Å². The fourth-order valence-corrected chi connectivity index (χ4v) is 2.65. The van der Waals surface area contributed by atoms with Gasteiger partial charge >= 0.3 is 0 Å². The lowest BCUT2D eigenvalue weighted by molar-refractivity contribution is 0.0258. The molecule has 3 rings (SSSR count). The van der Waals surface area contributed by atoms with Gasteiger partial charge in [-0.1, -0.05) is 0 Å². The molecule has 0 spiro atoms. The lowest BCUT2D eigenvalue weighted by Gasteiger charge is -2.24. The van der Waals surface area contributed by atoms with E-state index in [0.717, 1.165) is 12.2 Å². The smallest absolute Gasteiger partial charge is 0.255 e. The van der Waals surface area contributed by atoms with E-state index in [-0.39, 0.29) is 12.0 Å². The summed E-state index contributed by atoms with van der Waals surface area (Å²) in [5, 5.41) is 7.49. The first-order valence-corrected chi connectivity index (χ1v) is 7.09. The Morgan fingerprint density at radius 2 is 2.29 bits per heavy atom. The summed E-state index contributed by atoms with van der Waals surface area (Å²) in [7, 11) is 0. The monoisotopic (exact) mass is 286 g/mol. The SMILES string of the molecule is CCO[C@H]1CN(C(=O)c2ccnnc2)Cc2cccn2C1. The number of nitrogens with zero attached hydrogens (tertiary/aromatic N) is 4. The third-order valence-corrected chi connectivity index (χ3v) is 3.62. The van der Waals surface area contributed by atoms with Gasteiger partial charge in [0.1, 0.15) is 0 Å². The molecular weight excluding hydrogens is 268 g/mol. The van der Waals surface area contributed by atoms with Gasteiger partial charge in [-0.15, -0.1) is 0 Å². The van der Waals surface area contributed by atoms with Crippen LogP contribution in [0.15, 0.2) is 36.8 Å². The molecule has 3 heterocycles. The summed E-state index contributed by atoms with van der Waals surface area (Å²) in [5.41, 5.74) is 1.67. The molecule has 1 aliphatic heterocycles. The van der Waals surface area contributed by atoms with Crippen LogP contribution >= 0.6 is 0 Å². The second kappa shape index (κ2) is 6.05. The van der Waals surface area contributed by atoms with E-state index in [4.69, 9.17) is 4.74 Å². The number of carbonyl (C=O) groups excluding carboxylic acids is 1. The van der Waals surface area contributed by atoms with E-state index in [1.54, 1.807) is 6.07 Å². The van der Waals surface area contributed by atoms with Crippen LogP contribution in [0, 0.1) is 0 Å². The van der Waals surface area contributed by atoms with E-state index in [0.29, 0.717) is 25.3 Å². The minimum Gasteiger partial charge on any atom is -0.375 e. The average molecular weight is 286 g/mol. The standard InChI is InChI=1S/C15H18N4O2/c1-2-21-14-10-18-7-3-4-13(18)9-19(11-14)15(20)12-5-6-16-17-8-12/h3-8,14H,2,9-11H2,1H3/t14-/m1/s1. The molecule has 0 saturated heterocycles. The van der Waals surface area contributed by atoms with Crippen molar-refractivity contribution in [3.8, 4) is 0 Å². The molecule has 6 nitrogen and oxygen atoms in total. The van der Waals surface area contributed by atoms with E-state index >= 15 is 0 Å². The van der Waals surface area contributed by atoms with E-state index in [2.05, 4.69) is 14.8 Å². The van der Waals surface area contributed by atoms with Crippen molar-refractivity contribution >= 4 is 5.91 Å². The Balaban J connectivity index is 1.86. The zero-order valence-electron chi connectivity index (χ0n) is 12.0. The Kier molecular flexibility index (Phi) is 3.96. The van der Waals surface area contributed by atoms with Crippen molar-refractivity contribution < 1.29 is 9.53 Å². The first kappa shape index (κ1) is 13.8. The van der Waals surface area contributed by atoms with Crippen molar-refractivity contribution in [3.05, 3.63) is 48.0 Å². The number of hydrogen-bond donors (Lipinski definition) is 0. The fraction of sp³-hybridized carbons (Fsp3) is 0.400. The molecule has 0 radical (unpaired) electrons. The van der Waals surface area contributed by atoms with Gasteiger partial charge in [0.2, 0.25) is 0 Å². The number of amides is 1. The fourth-order valence-electron chi connectivity index (χ4n) is 2.65. The third kappa shape index (κ3) is 2.95. The maximum atomic E-state index is 12.6. The zero-order chi connectivity index (χ0) is 14.7. The Morgan fingerprint density at radius 3 is 3.05 bits per heavy atom. The molecule has 6 heteroatoms. The largest absolute Gasteiger partial charge is 0.375 e. The highest BCUT2D eigenvalue weighted by molar-refractivity contribution is 5.93. The van der Waals surface area contributed by atoms with Crippen molar-refractivity contribution in [1.29, 1.82) is 0 Å². The Bertz CT molecular complexity index is 611. The minimum absolute atomic E-state index is 0.00222. The van der Waals surface area contributed by atoms with E-state index < -0.39 is 0 Å². The van der Waals surface area contributed by atoms with Crippen LogP contribution < -0.4 is 0 Å². The summed E-state index contributed by atoms with van der Waals surface area (Å²) in [5.74, 6) is -0.0377. The van der Waals surface area contributed by atoms with Crippen LogP contribution in [0.1, 0.15) is 23.0 Å². The van der Waals surface area contributed by atoms with Gasteiger partial charge in [-0.25, -0.2) is 0 Å². The summed E-state index contributed by atoms with van der Waals surface area (Å²) >= 11 is 0. The molecule has 1 aliphatic rings. The summed E-state index contributed by atoms with van der Waals surface area (Å²) < 4.78 is 7.91. The van der Waals surface area contributed by atoms with Gasteiger partial charge in [0.05, 0.1) is 37.2 Å². The number of hydrogen-bond acceptors (Lipinski definition) is 4. The maximum Gasteiger partial charge on any atom is 0.255 e. The first-order chi connectivity index (χ1) is 10.3. The number of carbonyl (C=O) groups is 1. The highest BCUT2D eigenvalue weighted by Gasteiger charge is 2.25. The second-order valence-corrected chi connectivity index (χ2v) is 5.05. The van der Waals surface area contributed by atoms with Gasteiger partial charge in [-0.05, 0) is 25.1 Å². The van der Waals surface area contributed by atoms with Crippen LogP contribution in [-0.4, -0.2) is 44.8 Å². The molecule has 2 aromatic rings. The highest BCUT2D eigenvalue weighted by Crippen LogP contribution is 2.17. The Hall–Kier alpha value is -2.21. The maximum absolute atomic E-state index is 12.6. The summed E-state index contributed by atoms with van der Waals surface area (Å²) in [6.45, 7) is 4.55. The van der Waals surface area contributed by atoms with Gasteiger partial charge in [0.15, 0.2) is 0 Å². The Labute approximate surface area is 123 Å². The zero-order valence-corrected chi connectivity index (χ0v) is 12.0. The van der Waals surface area contributed by atoms with Gasteiger partial charge in [0, 0.05) is 25.0 Å². The molecule has 110 valence electrons. The molecule has 1 atom stereocenters. The van der Waals surface area contributed by atoms with Gasteiger partial charge < -0.3 is 14.2 Å². The van der Waals surface area contributed by atoms with Crippen LogP contribution in [0.5, 0.6) is 0 Å². The van der Waals surface area contributed by atoms with E-state index in [1.165, 1.54) is 12.4 Å². The topological polar surface area (TPSA) is 60.2 Å². The summed E-state index contributed by atoms with van der Waals surface area (Å²) in [6, 6.07) is 5.73. The Morgan fingerprint density at radius 1 is 1.38 bits per heavy atom. The molecular formula is C15H18N4O2. The second-order valence-electron chi connectivity index (χ2n) is 5.05. The van der Waals surface area contributed by atoms with Gasteiger partial charge in [-0.3, -0.25) is 4.79 Å². The van der Waals surface area contributed by atoms with Crippen LogP contribution in [0.3, 0.4) is 0 Å². The first-order valence-electron chi connectivity index (χ1n) is 7.09. The quantitative estimate of drug-likeness (QED) is 0.854. The molecule has 0 aromatic carbocycles. The van der Waals surface area contributed by atoms with Crippen molar-refractivity contribution in [1.82, 2.24) is 19.7 Å². The summed E-state index contributed by atoms with van der Waals surface area (Å²) in [4.78, 5) is 14.4. The van der Waals surface area contributed by atoms with Gasteiger partial charge in [0.25, 0.3) is 5.91 Å². The molecule has 21 heavy (non-hydrogen) atoms. The highest BCUT2D eigenvalue weighted by atomic mass is 16.5. The van der Waals surface area contributed by atoms with Crippen molar-refractivity contribution in [2.45, 2.75) is 26.1 Å². The predicted octanol–water partition coefficient (Wildman–Crippen LogP) is 1.34. The predicted molar refractivity (Wildman–Crippen MR) is 76.6 cm³/mol. The third-order valence-electron chi connectivity index (χ3n) is 3.62. The molecule has 0 fully saturated rings. The lowest BCUT2D eigenvalue weighted by atomic mass is 10.2. The van der Waals surface area contributed by atoms with Crippen LogP contribution in [0.4, 0.5) is 0 Å². The molecule has 1 amide bonds. The molecule has 2 aromatic heterocycles.